The van der Waals surface area contributed by atoms with Crippen LogP contribution in [0.3, 0.4) is 0 Å². The molecule has 0 aromatic heterocycles. The second-order valence-electron chi connectivity index (χ2n) is 5.64. The molecule has 0 aliphatic rings. The van der Waals surface area contributed by atoms with Crippen LogP contribution in [0, 0.1) is 0 Å². The number of nitrogens with one attached hydrogen (secondary N) is 4. The van der Waals surface area contributed by atoms with Crippen molar-refractivity contribution in [2.75, 3.05) is 25.5 Å². The third kappa shape index (κ3) is 7.61. The lowest BCUT2D eigenvalue weighted by atomic mass is 10.2. The molecule has 3 amide bonds. The quantitative estimate of drug-likeness (QED) is 0.404. The maximum Gasteiger partial charge on any atom is 0.257 e. The van der Waals surface area contributed by atoms with Crippen LogP contribution in [0.15, 0.2) is 60.7 Å². The number of rotatable bonds is 8. The highest BCUT2D eigenvalue weighted by atomic mass is 16.5. The molecule has 28 heavy (non-hydrogen) atoms. The van der Waals surface area contributed by atoms with Gasteiger partial charge in [-0.3, -0.25) is 25.2 Å². The zero-order chi connectivity index (χ0) is 20.2. The van der Waals surface area contributed by atoms with Gasteiger partial charge in [0.2, 0.25) is 5.91 Å². The molecule has 2 aromatic carbocycles. The van der Waals surface area contributed by atoms with Gasteiger partial charge in [0.25, 0.3) is 11.8 Å². The van der Waals surface area contributed by atoms with E-state index in [1.165, 1.54) is 6.08 Å². The first kappa shape index (κ1) is 20.5. The summed E-state index contributed by atoms with van der Waals surface area (Å²) in [5.41, 5.74) is 6.10. The van der Waals surface area contributed by atoms with Gasteiger partial charge in [-0.2, -0.15) is 0 Å². The Morgan fingerprint density at radius 2 is 1.54 bits per heavy atom. The largest absolute Gasteiger partial charge is 0.497 e. The van der Waals surface area contributed by atoms with Gasteiger partial charge in [0.1, 0.15) is 5.75 Å². The predicted molar refractivity (Wildman–Crippen MR) is 106 cm³/mol. The first-order chi connectivity index (χ1) is 13.6. The number of benzene rings is 2. The van der Waals surface area contributed by atoms with Crippen LogP contribution >= 0.6 is 0 Å². The van der Waals surface area contributed by atoms with Gasteiger partial charge in [0.15, 0.2) is 0 Å². The Balaban J connectivity index is 1.62. The van der Waals surface area contributed by atoms with E-state index < -0.39 is 17.7 Å². The van der Waals surface area contributed by atoms with E-state index in [0.717, 1.165) is 11.3 Å². The highest BCUT2D eigenvalue weighted by molar-refractivity contribution is 5.94. The van der Waals surface area contributed by atoms with Crippen molar-refractivity contribution in [3.63, 3.8) is 0 Å². The number of methoxy groups -OCH3 is 1. The second kappa shape index (κ2) is 11.0. The molecule has 146 valence electrons. The van der Waals surface area contributed by atoms with Gasteiger partial charge in [-0.05, 0) is 35.9 Å². The van der Waals surface area contributed by atoms with Crippen LogP contribution in [0.5, 0.6) is 5.75 Å². The van der Waals surface area contributed by atoms with Crippen LogP contribution in [-0.2, 0) is 14.4 Å². The first-order valence-corrected chi connectivity index (χ1v) is 8.53. The Hall–Kier alpha value is -3.81. The number of anilines is 1. The summed E-state index contributed by atoms with van der Waals surface area (Å²) in [6.45, 7) is -0.289. The van der Waals surface area contributed by atoms with E-state index in [4.69, 9.17) is 4.74 Å². The summed E-state index contributed by atoms with van der Waals surface area (Å²) < 4.78 is 5.05. The molecule has 0 bridgehead atoms. The molecule has 8 heteroatoms. The Morgan fingerprint density at radius 3 is 2.18 bits per heavy atom. The summed E-state index contributed by atoms with van der Waals surface area (Å²) >= 11 is 0. The summed E-state index contributed by atoms with van der Waals surface area (Å²) in [5.74, 6) is -0.673. The van der Waals surface area contributed by atoms with E-state index in [9.17, 15) is 14.4 Å². The van der Waals surface area contributed by atoms with Crippen molar-refractivity contribution in [2.45, 2.75) is 0 Å². The van der Waals surface area contributed by atoms with Gasteiger partial charge in [-0.15, -0.1) is 0 Å². The minimum Gasteiger partial charge on any atom is -0.497 e. The van der Waals surface area contributed by atoms with Crippen molar-refractivity contribution in [1.29, 1.82) is 0 Å². The average Bonchev–Trinajstić information content (AvgIpc) is 2.74. The highest BCUT2D eigenvalue weighted by Crippen LogP contribution is 2.14. The zero-order valence-electron chi connectivity index (χ0n) is 15.4. The first-order valence-electron chi connectivity index (χ1n) is 8.53. The number of carbonyl (C=O) groups excluding carboxylic acids is 3. The average molecular weight is 382 g/mol. The Labute approximate surface area is 162 Å². The lowest BCUT2D eigenvalue weighted by Gasteiger charge is -2.09. The lowest BCUT2D eigenvalue weighted by molar-refractivity contribution is -0.128. The summed E-state index contributed by atoms with van der Waals surface area (Å²) in [7, 11) is 1.57. The van der Waals surface area contributed by atoms with Crippen molar-refractivity contribution >= 4 is 29.5 Å². The number of hydrogen-bond acceptors (Lipinski definition) is 5. The SMILES string of the molecule is COc1ccc(NCC(=O)NNC(=O)CNC(=O)/C=C/c2ccccc2)cc1. The fourth-order valence-corrected chi connectivity index (χ4v) is 2.08. The topological polar surface area (TPSA) is 109 Å². The van der Waals surface area contributed by atoms with Crippen molar-refractivity contribution in [3.8, 4) is 5.75 Å². The summed E-state index contributed by atoms with van der Waals surface area (Å²) in [4.78, 5) is 35.1. The van der Waals surface area contributed by atoms with E-state index in [0.29, 0.717) is 5.75 Å². The van der Waals surface area contributed by atoms with Crippen molar-refractivity contribution in [3.05, 3.63) is 66.2 Å². The van der Waals surface area contributed by atoms with Crippen molar-refractivity contribution < 1.29 is 19.1 Å². The lowest BCUT2D eigenvalue weighted by Crippen LogP contribution is -2.47. The monoisotopic (exact) mass is 382 g/mol. The van der Waals surface area contributed by atoms with E-state index in [1.807, 2.05) is 30.3 Å². The Bertz CT molecular complexity index is 820. The third-order valence-electron chi connectivity index (χ3n) is 3.53. The van der Waals surface area contributed by atoms with Crippen LogP contribution in [-0.4, -0.2) is 37.9 Å². The van der Waals surface area contributed by atoms with Crippen LogP contribution in [0.4, 0.5) is 5.69 Å². The summed E-state index contributed by atoms with van der Waals surface area (Å²) in [5, 5.41) is 5.33. The molecule has 0 saturated heterocycles. The number of amides is 3. The minimum atomic E-state index is -0.542. The molecule has 0 spiro atoms. The number of hydrogen-bond donors (Lipinski definition) is 4. The minimum absolute atomic E-state index is 0.0290. The Kier molecular flexibility index (Phi) is 8.07. The smallest absolute Gasteiger partial charge is 0.257 e. The number of carbonyl (C=O) groups is 3. The predicted octanol–water partition coefficient (Wildman–Crippen LogP) is 1.08. The van der Waals surface area contributed by atoms with E-state index in [1.54, 1.807) is 37.5 Å². The molecule has 0 aliphatic heterocycles. The normalized spacial score (nSPS) is 10.2. The van der Waals surface area contributed by atoms with Crippen LogP contribution in [0.1, 0.15) is 5.56 Å². The molecule has 0 radical (unpaired) electrons. The van der Waals surface area contributed by atoms with Crippen LogP contribution in [0.2, 0.25) is 0 Å². The van der Waals surface area contributed by atoms with Crippen LogP contribution in [0.25, 0.3) is 6.08 Å². The van der Waals surface area contributed by atoms with Crippen molar-refractivity contribution in [1.82, 2.24) is 16.2 Å². The fourth-order valence-electron chi connectivity index (χ4n) is 2.08. The molecule has 0 unspecified atom stereocenters. The molecule has 8 nitrogen and oxygen atoms in total. The van der Waals surface area contributed by atoms with Gasteiger partial charge in [-0.1, -0.05) is 30.3 Å². The van der Waals surface area contributed by atoms with Crippen LogP contribution < -0.4 is 26.2 Å². The molecule has 2 aromatic rings. The molecule has 2 rings (SSSR count). The van der Waals surface area contributed by atoms with E-state index in [2.05, 4.69) is 21.5 Å². The van der Waals surface area contributed by atoms with Gasteiger partial charge >= 0.3 is 0 Å². The standard InChI is InChI=1S/C20H22N4O4/c1-28-17-10-8-16(9-11-17)21-13-19(26)23-24-20(27)14-22-18(25)12-7-15-5-3-2-4-6-15/h2-12,21H,13-14H2,1H3,(H,22,25)(H,23,26)(H,24,27)/b12-7+. The van der Waals surface area contributed by atoms with E-state index in [-0.39, 0.29) is 13.1 Å². The Morgan fingerprint density at radius 1 is 0.893 bits per heavy atom. The number of hydrazine groups is 1. The maximum absolute atomic E-state index is 11.7. The fraction of sp³-hybridized carbons (Fsp3) is 0.150. The molecule has 0 atom stereocenters. The molecule has 0 heterocycles. The maximum atomic E-state index is 11.7. The van der Waals surface area contributed by atoms with Gasteiger partial charge in [-0.25, -0.2) is 0 Å². The third-order valence-corrected chi connectivity index (χ3v) is 3.53. The molecule has 0 saturated carbocycles. The van der Waals surface area contributed by atoms with Crippen molar-refractivity contribution in [2.24, 2.45) is 0 Å². The summed E-state index contributed by atoms with van der Waals surface area (Å²) in [6.07, 6.45) is 2.97. The number of ether oxygens (including phenoxy) is 1. The molecular weight excluding hydrogens is 360 g/mol. The van der Waals surface area contributed by atoms with Gasteiger partial charge in [0.05, 0.1) is 20.2 Å². The summed E-state index contributed by atoms with van der Waals surface area (Å²) in [6, 6.07) is 16.4. The van der Waals surface area contributed by atoms with Gasteiger partial charge in [0, 0.05) is 11.8 Å². The molecule has 0 fully saturated rings. The van der Waals surface area contributed by atoms with E-state index >= 15 is 0 Å². The second-order valence-corrected chi connectivity index (χ2v) is 5.64. The molecular formula is C20H22N4O4. The molecule has 0 aliphatic carbocycles. The molecule has 4 N–H and O–H groups in total. The van der Waals surface area contributed by atoms with Gasteiger partial charge < -0.3 is 15.4 Å². The zero-order valence-corrected chi connectivity index (χ0v) is 15.4. The highest BCUT2D eigenvalue weighted by Gasteiger charge is 2.06.